The molecule has 0 saturated carbocycles. The number of nitrogens with zero attached hydrogens (tertiary/aromatic N) is 2. The van der Waals surface area contributed by atoms with E-state index in [-0.39, 0.29) is 17.7 Å². The van der Waals surface area contributed by atoms with E-state index in [0.29, 0.717) is 12.3 Å². The summed E-state index contributed by atoms with van der Waals surface area (Å²) < 4.78 is 23.3. The van der Waals surface area contributed by atoms with Crippen LogP contribution in [0.4, 0.5) is 0 Å². The molecule has 1 unspecified atom stereocenters. The van der Waals surface area contributed by atoms with Gasteiger partial charge in [0.25, 0.3) is 0 Å². The van der Waals surface area contributed by atoms with Crippen molar-refractivity contribution < 1.29 is 8.42 Å². The van der Waals surface area contributed by atoms with Gasteiger partial charge in [-0.25, -0.2) is 8.42 Å². The van der Waals surface area contributed by atoms with Gasteiger partial charge in [0.2, 0.25) is 0 Å². The Labute approximate surface area is 162 Å². The van der Waals surface area contributed by atoms with Crippen LogP contribution in [0.3, 0.4) is 0 Å². The van der Waals surface area contributed by atoms with E-state index in [1.54, 1.807) is 0 Å². The number of sulfone groups is 1. The van der Waals surface area contributed by atoms with Crippen molar-refractivity contribution in [3.8, 4) is 0 Å². The van der Waals surface area contributed by atoms with E-state index in [9.17, 15) is 8.42 Å². The molecule has 0 spiro atoms. The van der Waals surface area contributed by atoms with Gasteiger partial charge in [-0.1, -0.05) is 36.4 Å². The van der Waals surface area contributed by atoms with Crippen molar-refractivity contribution in [1.29, 1.82) is 0 Å². The smallest absolute Gasteiger partial charge is 0.194 e. The predicted molar refractivity (Wildman–Crippen MR) is 113 cm³/mol. The lowest BCUT2D eigenvalue weighted by molar-refractivity contribution is 0.462. The van der Waals surface area contributed by atoms with Gasteiger partial charge in [0.15, 0.2) is 15.8 Å². The predicted octanol–water partition coefficient (Wildman–Crippen LogP) is 3.06. The Hall–Kier alpha value is -2.08. The largest absolute Gasteiger partial charge is 0.354 e. The minimum Gasteiger partial charge on any atom is -0.354 e. The van der Waals surface area contributed by atoms with E-state index in [1.165, 1.54) is 16.3 Å². The normalized spacial score (nSPS) is 19.6. The van der Waals surface area contributed by atoms with Crippen molar-refractivity contribution in [2.24, 2.45) is 10.9 Å². The molecule has 146 valence electrons. The summed E-state index contributed by atoms with van der Waals surface area (Å²) in [6, 6.07) is 15.1. The number of guanidine groups is 1. The first-order valence-electron chi connectivity index (χ1n) is 9.52. The Kier molecular flexibility index (Phi) is 6.05. The van der Waals surface area contributed by atoms with E-state index in [0.717, 1.165) is 18.9 Å². The number of nitrogens with one attached hydrogen (secondary N) is 1. The van der Waals surface area contributed by atoms with Gasteiger partial charge in [-0.3, -0.25) is 4.99 Å². The first kappa shape index (κ1) is 19.7. The third kappa shape index (κ3) is 5.45. The fraction of sp³-hybridized carbons (Fsp3) is 0.476. The molecule has 0 aliphatic carbocycles. The molecule has 1 aliphatic heterocycles. The maximum Gasteiger partial charge on any atom is 0.194 e. The number of hydrogen-bond acceptors (Lipinski definition) is 3. The molecule has 6 heteroatoms. The average Bonchev–Trinajstić information content (AvgIpc) is 2.97. The third-order valence-electron chi connectivity index (χ3n) is 4.84. The lowest BCUT2D eigenvalue weighted by atomic mass is 10.1. The molecular formula is C21H29N3O2S. The van der Waals surface area contributed by atoms with Crippen LogP contribution in [0.5, 0.6) is 0 Å². The zero-order chi connectivity index (χ0) is 19.4. The van der Waals surface area contributed by atoms with Crippen molar-refractivity contribution in [3.05, 3.63) is 48.0 Å². The van der Waals surface area contributed by atoms with Crippen LogP contribution in [-0.4, -0.2) is 50.4 Å². The van der Waals surface area contributed by atoms with Crippen molar-refractivity contribution in [2.75, 3.05) is 25.1 Å². The minimum atomic E-state index is -2.86. The van der Waals surface area contributed by atoms with Crippen molar-refractivity contribution in [2.45, 2.75) is 32.9 Å². The van der Waals surface area contributed by atoms with Crippen LogP contribution in [0.25, 0.3) is 10.8 Å². The summed E-state index contributed by atoms with van der Waals surface area (Å²) in [6.45, 7) is 5.46. The van der Waals surface area contributed by atoms with Gasteiger partial charge in [-0.2, -0.15) is 0 Å². The molecule has 2 aromatic rings. The van der Waals surface area contributed by atoms with E-state index in [2.05, 4.69) is 66.5 Å². The second-order valence-corrected chi connectivity index (χ2v) is 10.00. The number of fused-ring (bicyclic) bond motifs is 1. The standard InChI is InChI=1S/C21H29N3O2S/c1-16(2)23-21(22-13-18-10-11-27(25,26)15-18)24(3)14-17-8-9-19-6-4-5-7-20(19)12-17/h4-9,12,16,18H,10-11,13-15H2,1-3H3,(H,22,23). The molecule has 0 radical (unpaired) electrons. The molecule has 0 amide bonds. The van der Waals surface area contributed by atoms with Crippen LogP contribution < -0.4 is 5.32 Å². The van der Waals surface area contributed by atoms with Gasteiger partial charge in [-0.15, -0.1) is 0 Å². The molecule has 0 aromatic heterocycles. The summed E-state index contributed by atoms with van der Waals surface area (Å²) in [5, 5.41) is 5.88. The Balaban J connectivity index is 1.71. The SMILES string of the molecule is CC(C)NC(=NCC1CCS(=O)(=O)C1)N(C)Cc1ccc2ccccc2c1. The second kappa shape index (κ2) is 8.30. The quantitative estimate of drug-likeness (QED) is 0.633. The van der Waals surface area contributed by atoms with Crippen LogP contribution in [0.2, 0.25) is 0 Å². The molecule has 1 aliphatic rings. The third-order valence-corrected chi connectivity index (χ3v) is 6.68. The van der Waals surface area contributed by atoms with Crippen molar-refractivity contribution in [1.82, 2.24) is 10.2 Å². The molecular weight excluding hydrogens is 358 g/mol. The zero-order valence-electron chi connectivity index (χ0n) is 16.4. The molecule has 1 saturated heterocycles. The lowest BCUT2D eigenvalue weighted by Crippen LogP contribution is -2.42. The summed E-state index contributed by atoms with van der Waals surface area (Å²) in [5.74, 6) is 1.52. The Morgan fingerprint density at radius 1 is 1.22 bits per heavy atom. The van der Waals surface area contributed by atoms with Gasteiger partial charge < -0.3 is 10.2 Å². The molecule has 2 aromatic carbocycles. The van der Waals surface area contributed by atoms with Crippen LogP contribution in [-0.2, 0) is 16.4 Å². The molecule has 1 atom stereocenters. The number of aliphatic imine (C=N–C) groups is 1. The summed E-state index contributed by atoms with van der Waals surface area (Å²) in [7, 11) is -0.837. The van der Waals surface area contributed by atoms with Gasteiger partial charge in [0.1, 0.15) is 0 Å². The van der Waals surface area contributed by atoms with Crippen LogP contribution in [0.1, 0.15) is 25.8 Å². The van der Waals surface area contributed by atoms with E-state index < -0.39 is 9.84 Å². The van der Waals surface area contributed by atoms with Gasteiger partial charge >= 0.3 is 0 Å². The second-order valence-electron chi connectivity index (χ2n) is 7.77. The summed E-state index contributed by atoms with van der Waals surface area (Å²) >= 11 is 0. The van der Waals surface area contributed by atoms with Crippen LogP contribution in [0, 0.1) is 5.92 Å². The van der Waals surface area contributed by atoms with Gasteiger partial charge in [0.05, 0.1) is 11.5 Å². The Morgan fingerprint density at radius 2 is 1.96 bits per heavy atom. The topological polar surface area (TPSA) is 61.8 Å². The highest BCUT2D eigenvalue weighted by Crippen LogP contribution is 2.19. The molecule has 27 heavy (non-hydrogen) atoms. The molecule has 3 rings (SSSR count). The number of rotatable bonds is 5. The first-order valence-corrected chi connectivity index (χ1v) is 11.3. The molecule has 1 N–H and O–H groups in total. The molecule has 0 bridgehead atoms. The maximum absolute atomic E-state index is 11.7. The summed E-state index contributed by atoms with van der Waals surface area (Å²) in [4.78, 5) is 6.84. The van der Waals surface area contributed by atoms with Crippen molar-refractivity contribution >= 4 is 26.6 Å². The van der Waals surface area contributed by atoms with E-state index >= 15 is 0 Å². The average molecular weight is 388 g/mol. The Bertz CT molecular complexity index is 922. The molecule has 1 heterocycles. The van der Waals surface area contributed by atoms with E-state index in [4.69, 9.17) is 4.99 Å². The fourth-order valence-electron chi connectivity index (χ4n) is 3.45. The molecule has 5 nitrogen and oxygen atoms in total. The lowest BCUT2D eigenvalue weighted by Gasteiger charge is -2.25. The highest BCUT2D eigenvalue weighted by molar-refractivity contribution is 7.91. The maximum atomic E-state index is 11.7. The fourth-order valence-corrected chi connectivity index (χ4v) is 5.30. The minimum absolute atomic E-state index is 0.132. The van der Waals surface area contributed by atoms with Gasteiger partial charge in [0, 0.05) is 26.2 Å². The van der Waals surface area contributed by atoms with Crippen LogP contribution >= 0.6 is 0 Å². The zero-order valence-corrected chi connectivity index (χ0v) is 17.2. The Morgan fingerprint density at radius 3 is 2.63 bits per heavy atom. The van der Waals surface area contributed by atoms with Crippen molar-refractivity contribution in [3.63, 3.8) is 0 Å². The first-order chi connectivity index (χ1) is 12.8. The highest BCUT2D eigenvalue weighted by atomic mass is 32.2. The highest BCUT2D eigenvalue weighted by Gasteiger charge is 2.27. The number of hydrogen-bond donors (Lipinski definition) is 1. The van der Waals surface area contributed by atoms with Crippen LogP contribution in [0.15, 0.2) is 47.5 Å². The summed E-state index contributed by atoms with van der Waals surface area (Å²) in [5.41, 5.74) is 1.22. The number of benzene rings is 2. The molecule has 1 fully saturated rings. The summed E-state index contributed by atoms with van der Waals surface area (Å²) in [6.07, 6.45) is 0.717. The monoisotopic (exact) mass is 387 g/mol. The van der Waals surface area contributed by atoms with Gasteiger partial charge in [-0.05, 0) is 48.6 Å². The van der Waals surface area contributed by atoms with E-state index in [1.807, 2.05) is 7.05 Å².